The second kappa shape index (κ2) is 7.64. The predicted octanol–water partition coefficient (Wildman–Crippen LogP) is 5.43. The summed E-state index contributed by atoms with van der Waals surface area (Å²) in [5, 5.41) is 8.10. The van der Waals surface area contributed by atoms with Gasteiger partial charge >= 0.3 is 0 Å². The Bertz CT molecular complexity index is 617. The fraction of sp³-hybridized carbons (Fsp3) is 0.188. The zero-order chi connectivity index (χ0) is 15.2. The minimum atomic E-state index is 0.157. The molecule has 0 heterocycles. The first-order valence-electron chi connectivity index (χ1n) is 6.67. The van der Waals surface area contributed by atoms with Crippen LogP contribution in [0.1, 0.15) is 24.9 Å². The van der Waals surface area contributed by atoms with Crippen LogP contribution in [0.25, 0.3) is 0 Å². The molecule has 0 fully saturated rings. The molecule has 1 unspecified atom stereocenters. The number of rotatable bonds is 4. The molecule has 0 saturated carbocycles. The first kappa shape index (κ1) is 16.1. The third kappa shape index (κ3) is 4.60. The highest BCUT2D eigenvalue weighted by atomic mass is 35.5. The van der Waals surface area contributed by atoms with E-state index in [-0.39, 0.29) is 6.04 Å². The van der Waals surface area contributed by atoms with Gasteiger partial charge in [0.15, 0.2) is 5.11 Å². The summed E-state index contributed by atoms with van der Waals surface area (Å²) in [6.07, 6.45) is 0.926. The second-order valence-corrected chi connectivity index (χ2v) is 5.85. The third-order valence-electron chi connectivity index (χ3n) is 3.09. The molecule has 2 aromatic rings. The fourth-order valence-corrected chi connectivity index (χ4v) is 2.61. The fourth-order valence-electron chi connectivity index (χ4n) is 2.02. The van der Waals surface area contributed by atoms with Gasteiger partial charge in [0.1, 0.15) is 0 Å². The van der Waals surface area contributed by atoms with Crippen molar-refractivity contribution in [3.8, 4) is 0 Å². The predicted molar refractivity (Wildman–Crippen MR) is 95.3 cm³/mol. The maximum Gasteiger partial charge on any atom is 0.171 e. The van der Waals surface area contributed by atoms with Crippen LogP contribution in [0.15, 0.2) is 48.5 Å². The Morgan fingerprint density at radius 3 is 2.52 bits per heavy atom. The number of anilines is 1. The summed E-state index contributed by atoms with van der Waals surface area (Å²) in [7, 11) is 0. The monoisotopic (exact) mass is 338 g/mol. The first-order valence-corrected chi connectivity index (χ1v) is 7.84. The van der Waals surface area contributed by atoms with E-state index in [0.29, 0.717) is 20.8 Å². The lowest BCUT2D eigenvalue weighted by molar-refractivity contribution is 0.629. The molecule has 2 N–H and O–H groups in total. The topological polar surface area (TPSA) is 24.1 Å². The van der Waals surface area contributed by atoms with E-state index in [9.17, 15) is 0 Å². The normalized spacial score (nSPS) is 11.8. The molecule has 21 heavy (non-hydrogen) atoms. The zero-order valence-corrected chi connectivity index (χ0v) is 13.9. The van der Waals surface area contributed by atoms with Crippen LogP contribution in [0, 0.1) is 0 Å². The maximum absolute atomic E-state index is 6.12. The van der Waals surface area contributed by atoms with Gasteiger partial charge in [-0.15, -0.1) is 0 Å². The van der Waals surface area contributed by atoms with Gasteiger partial charge in [-0.05, 0) is 42.4 Å². The van der Waals surface area contributed by atoms with Crippen LogP contribution in [0.3, 0.4) is 0 Å². The highest BCUT2D eigenvalue weighted by Gasteiger charge is 2.11. The van der Waals surface area contributed by atoms with Crippen LogP contribution >= 0.6 is 35.4 Å². The number of hydrogen-bond donors (Lipinski definition) is 2. The Morgan fingerprint density at radius 1 is 1.14 bits per heavy atom. The van der Waals surface area contributed by atoms with Gasteiger partial charge in [-0.25, -0.2) is 0 Å². The number of nitrogens with one attached hydrogen (secondary N) is 2. The molecule has 0 radical (unpaired) electrons. The summed E-state index contributed by atoms with van der Waals surface area (Å²) < 4.78 is 0. The quantitative estimate of drug-likeness (QED) is 0.726. The van der Waals surface area contributed by atoms with E-state index in [1.165, 1.54) is 5.56 Å². The molecule has 2 aromatic carbocycles. The standard InChI is InChI=1S/C16H16Cl2N2S/c1-2-14(11-6-4-3-5-7-11)19-16(21)20-15-10-12(17)8-9-13(15)18/h3-10,14H,2H2,1H3,(H2,19,20,21). The van der Waals surface area contributed by atoms with Gasteiger partial charge in [0.05, 0.1) is 16.8 Å². The molecule has 0 aromatic heterocycles. The van der Waals surface area contributed by atoms with Crippen LogP contribution in [-0.4, -0.2) is 5.11 Å². The summed E-state index contributed by atoms with van der Waals surface area (Å²) in [5.74, 6) is 0. The van der Waals surface area contributed by atoms with Gasteiger partial charge < -0.3 is 10.6 Å². The lowest BCUT2D eigenvalue weighted by Gasteiger charge is -2.20. The molecule has 0 saturated heterocycles. The summed E-state index contributed by atoms with van der Waals surface area (Å²) in [6, 6.07) is 15.6. The van der Waals surface area contributed by atoms with Gasteiger partial charge in [0.2, 0.25) is 0 Å². The minimum absolute atomic E-state index is 0.157. The van der Waals surface area contributed by atoms with Crippen molar-refractivity contribution < 1.29 is 0 Å². The van der Waals surface area contributed by atoms with Crippen molar-refractivity contribution in [1.82, 2.24) is 5.32 Å². The van der Waals surface area contributed by atoms with Gasteiger partial charge in [-0.3, -0.25) is 0 Å². The van der Waals surface area contributed by atoms with Gasteiger partial charge in [0, 0.05) is 5.02 Å². The zero-order valence-electron chi connectivity index (χ0n) is 11.6. The Balaban J connectivity index is 2.05. The molecular formula is C16H16Cl2N2S. The molecular weight excluding hydrogens is 323 g/mol. The molecule has 0 spiro atoms. The van der Waals surface area contributed by atoms with Crippen molar-refractivity contribution in [2.75, 3.05) is 5.32 Å². The Morgan fingerprint density at radius 2 is 1.86 bits per heavy atom. The van der Waals surface area contributed by atoms with E-state index in [1.54, 1.807) is 18.2 Å². The van der Waals surface area contributed by atoms with Gasteiger partial charge in [-0.2, -0.15) is 0 Å². The maximum atomic E-state index is 6.12. The summed E-state index contributed by atoms with van der Waals surface area (Å²) in [6.45, 7) is 2.11. The summed E-state index contributed by atoms with van der Waals surface area (Å²) >= 11 is 17.4. The van der Waals surface area contributed by atoms with Crippen molar-refractivity contribution in [1.29, 1.82) is 0 Å². The third-order valence-corrected chi connectivity index (χ3v) is 3.88. The molecule has 0 amide bonds. The smallest absolute Gasteiger partial charge is 0.171 e. The number of hydrogen-bond acceptors (Lipinski definition) is 1. The molecule has 0 aliphatic heterocycles. The molecule has 5 heteroatoms. The molecule has 0 aliphatic rings. The van der Waals surface area contributed by atoms with E-state index in [4.69, 9.17) is 35.4 Å². The average Bonchev–Trinajstić information content (AvgIpc) is 2.49. The Labute approximate surface area is 140 Å². The van der Waals surface area contributed by atoms with Crippen molar-refractivity contribution in [3.05, 3.63) is 64.1 Å². The molecule has 0 bridgehead atoms. The van der Waals surface area contributed by atoms with E-state index in [0.717, 1.165) is 6.42 Å². The van der Waals surface area contributed by atoms with Crippen molar-refractivity contribution in [2.24, 2.45) is 0 Å². The van der Waals surface area contributed by atoms with E-state index in [1.807, 2.05) is 18.2 Å². The highest BCUT2D eigenvalue weighted by Crippen LogP contribution is 2.25. The van der Waals surface area contributed by atoms with Crippen LogP contribution in [0.5, 0.6) is 0 Å². The largest absolute Gasteiger partial charge is 0.356 e. The highest BCUT2D eigenvalue weighted by molar-refractivity contribution is 7.80. The molecule has 2 rings (SSSR count). The van der Waals surface area contributed by atoms with E-state index < -0.39 is 0 Å². The average molecular weight is 339 g/mol. The summed E-state index contributed by atoms with van der Waals surface area (Å²) in [4.78, 5) is 0. The number of halogens is 2. The van der Waals surface area contributed by atoms with Crippen LogP contribution in [-0.2, 0) is 0 Å². The van der Waals surface area contributed by atoms with Crippen LogP contribution in [0.4, 0.5) is 5.69 Å². The lowest BCUT2D eigenvalue weighted by atomic mass is 10.1. The van der Waals surface area contributed by atoms with Crippen LogP contribution < -0.4 is 10.6 Å². The molecule has 1 atom stereocenters. The lowest BCUT2D eigenvalue weighted by Crippen LogP contribution is -2.32. The number of benzene rings is 2. The Kier molecular flexibility index (Phi) is 5.85. The molecule has 110 valence electrons. The Hall–Kier alpha value is -1.29. The van der Waals surface area contributed by atoms with Crippen molar-refractivity contribution in [2.45, 2.75) is 19.4 Å². The number of thiocarbonyl (C=S) groups is 1. The van der Waals surface area contributed by atoms with E-state index >= 15 is 0 Å². The second-order valence-electron chi connectivity index (χ2n) is 4.59. The first-order chi connectivity index (χ1) is 10.1. The molecule has 0 aliphatic carbocycles. The summed E-state index contributed by atoms with van der Waals surface area (Å²) in [5.41, 5.74) is 1.89. The minimum Gasteiger partial charge on any atom is -0.356 e. The van der Waals surface area contributed by atoms with Crippen LogP contribution in [0.2, 0.25) is 10.0 Å². The SMILES string of the molecule is CCC(NC(=S)Nc1cc(Cl)ccc1Cl)c1ccccc1. The van der Waals surface area contributed by atoms with Crippen molar-refractivity contribution >= 4 is 46.2 Å². The molecule has 2 nitrogen and oxygen atoms in total. The van der Waals surface area contributed by atoms with Gasteiger partial charge in [-0.1, -0.05) is 60.5 Å². The van der Waals surface area contributed by atoms with Crippen molar-refractivity contribution in [3.63, 3.8) is 0 Å². The van der Waals surface area contributed by atoms with Gasteiger partial charge in [0.25, 0.3) is 0 Å². The van der Waals surface area contributed by atoms with E-state index in [2.05, 4.69) is 29.7 Å².